The molecule has 1 aromatic rings. The largest absolute Gasteiger partial charge is 0.395 e. The van der Waals surface area contributed by atoms with Gasteiger partial charge in [0, 0.05) is 11.3 Å². The Kier molecular flexibility index (Phi) is 5.33. The Bertz CT molecular complexity index is 501. The number of fused-ring (bicyclic) bond motifs is 1. The first-order chi connectivity index (χ1) is 10.0. The summed E-state index contributed by atoms with van der Waals surface area (Å²) in [6.07, 6.45) is 4.94. The predicted molar refractivity (Wildman–Crippen MR) is 88.7 cm³/mol. The Hall–Kier alpha value is -1.00. The quantitative estimate of drug-likeness (QED) is 0.879. The Balaban J connectivity index is 2.19. The molecule has 3 atom stereocenters. The molecule has 0 radical (unpaired) electrons. The van der Waals surface area contributed by atoms with Gasteiger partial charge in [0.05, 0.1) is 12.0 Å². The summed E-state index contributed by atoms with van der Waals surface area (Å²) in [7, 11) is 0. The molecule has 3 nitrogen and oxygen atoms in total. The number of nitrogens with one attached hydrogen (secondary N) is 1. The molecular formula is C17H25NO2S. The van der Waals surface area contributed by atoms with Crippen molar-refractivity contribution in [2.24, 2.45) is 0 Å². The third-order valence-corrected chi connectivity index (χ3v) is 5.80. The van der Waals surface area contributed by atoms with Gasteiger partial charge in [0.25, 0.3) is 0 Å². The van der Waals surface area contributed by atoms with Crippen LogP contribution in [0.3, 0.4) is 0 Å². The molecule has 0 aliphatic heterocycles. The van der Waals surface area contributed by atoms with Gasteiger partial charge in [-0.25, -0.2) is 0 Å². The standard InChI is InChI=1S/C17H25NO2S/c1-12(15(11-19)21-3)18-16(20)17(2)10-6-8-13-7-4-5-9-14(13)17/h4-5,7,9,12,15,19H,6,8,10-11H2,1-3H3,(H,18,20). The van der Waals surface area contributed by atoms with Crippen LogP contribution in [-0.4, -0.2) is 35.2 Å². The fraction of sp³-hybridized carbons (Fsp3) is 0.588. The summed E-state index contributed by atoms with van der Waals surface area (Å²) < 4.78 is 0. The first-order valence-electron chi connectivity index (χ1n) is 7.56. The lowest BCUT2D eigenvalue weighted by molar-refractivity contribution is -0.127. The monoisotopic (exact) mass is 307 g/mol. The van der Waals surface area contributed by atoms with Crippen LogP contribution in [0.25, 0.3) is 0 Å². The van der Waals surface area contributed by atoms with E-state index in [-0.39, 0.29) is 23.8 Å². The van der Waals surface area contributed by atoms with Crippen molar-refractivity contribution in [3.63, 3.8) is 0 Å². The Labute approximate surface area is 131 Å². The lowest BCUT2D eigenvalue weighted by Crippen LogP contribution is -2.50. The first kappa shape index (κ1) is 16.4. The van der Waals surface area contributed by atoms with E-state index in [4.69, 9.17) is 0 Å². The highest BCUT2D eigenvalue weighted by Gasteiger charge is 2.39. The minimum Gasteiger partial charge on any atom is -0.395 e. The minimum atomic E-state index is -0.457. The zero-order valence-corrected chi connectivity index (χ0v) is 13.9. The van der Waals surface area contributed by atoms with Crippen molar-refractivity contribution in [2.45, 2.75) is 49.8 Å². The van der Waals surface area contributed by atoms with Crippen LogP contribution in [0.4, 0.5) is 0 Å². The van der Waals surface area contributed by atoms with E-state index in [0.717, 1.165) is 24.8 Å². The van der Waals surface area contributed by atoms with Crippen LogP contribution in [0, 0.1) is 0 Å². The number of aryl methyl sites for hydroxylation is 1. The molecule has 0 aromatic heterocycles. The summed E-state index contributed by atoms with van der Waals surface area (Å²) in [4.78, 5) is 12.8. The first-order valence-corrected chi connectivity index (χ1v) is 8.84. The van der Waals surface area contributed by atoms with E-state index in [0.29, 0.717) is 0 Å². The molecule has 1 aromatic carbocycles. The maximum absolute atomic E-state index is 12.8. The van der Waals surface area contributed by atoms with Crippen LogP contribution in [0.2, 0.25) is 0 Å². The summed E-state index contributed by atoms with van der Waals surface area (Å²) in [5.74, 6) is 0.0784. The van der Waals surface area contributed by atoms with E-state index in [9.17, 15) is 9.90 Å². The highest BCUT2D eigenvalue weighted by atomic mass is 32.2. The van der Waals surface area contributed by atoms with Crippen molar-refractivity contribution in [3.05, 3.63) is 35.4 Å². The van der Waals surface area contributed by atoms with Crippen molar-refractivity contribution < 1.29 is 9.90 Å². The molecule has 0 saturated carbocycles. The zero-order chi connectivity index (χ0) is 15.5. The summed E-state index contributed by atoms with van der Waals surface area (Å²) >= 11 is 1.59. The lowest BCUT2D eigenvalue weighted by atomic mass is 9.70. The molecule has 0 fully saturated rings. The highest BCUT2D eigenvalue weighted by Crippen LogP contribution is 2.37. The fourth-order valence-electron chi connectivity index (χ4n) is 3.18. The number of thioether (sulfide) groups is 1. The average Bonchev–Trinajstić information content (AvgIpc) is 2.49. The van der Waals surface area contributed by atoms with Gasteiger partial charge in [-0.3, -0.25) is 4.79 Å². The molecule has 1 aliphatic carbocycles. The number of rotatable bonds is 5. The summed E-state index contributed by atoms with van der Waals surface area (Å²) in [5.41, 5.74) is 1.99. The van der Waals surface area contributed by atoms with Gasteiger partial charge in [0.2, 0.25) is 5.91 Å². The Morgan fingerprint density at radius 2 is 2.19 bits per heavy atom. The van der Waals surface area contributed by atoms with Crippen molar-refractivity contribution in [3.8, 4) is 0 Å². The normalized spacial score (nSPS) is 24.0. The highest BCUT2D eigenvalue weighted by molar-refractivity contribution is 7.99. The molecule has 1 aliphatic rings. The molecular weight excluding hydrogens is 282 g/mol. The van der Waals surface area contributed by atoms with E-state index in [1.807, 2.05) is 32.2 Å². The molecule has 0 heterocycles. The number of carbonyl (C=O) groups is 1. The third-order valence-electron chi connectivity index (χ3n) is 4.63. The van der Waals surface area contributed by atoms with Gasteiger partial charge in [-0.15, -0.1) is 0 Å². The Morgan fingerprint density at radius 3 is 2.86 bits per heavy atom. The molecule has 4 heteroatoms. The van der Waals surface area contributed by atoms with Crippen molar-refractivity contribution in [2.75, 3.05) is 12.9 Å². The third kappa shape index (κ3) is 3.27. The average molecular weight is 307 g/mol. The predicted octanol–water partition coefficient (Wildman–Crippen LogP) is 2.51. The van der Waals surface area contributed by atoms with E-state index in [1.54, 1.807) is 11.8 Å². The van der Waals surface area contributed by atoms with Gasteiger partial charge in [0.15, 0.2) is 0 Å². The molecule has 0 saturated heterocycles. The van der Waals surface area contributed by atoms with Crippen molar-refractivity contribution in [1.29, 1.82) is 0 Å². The van der Waals surface area contributed by atoms with Gasteiger partial charge < -0.3 is 10.4 Å². The second-order valence-electron chi connectivity index (χ2n) is 6.06. The number of aliphatic hydroxyl groups excluding tert-OH is 1. The summed E-state index contributed by atoms with van der Waals surface area (Å²) in [6, 6.07) is 8.22. The van der Waals surface area contributed by atoms with Gasteiger partial charge in [-0.05, 0) is 50.5 Å². The smallest absolute Gasteiger partial charge is 0.230 e. The topological polar surface area (TPSA) is 49.3 Å². The van der Waals surface area contributed by atoms with E-state index < -0.39 is 5.41 Å². The van der Waals surface area contributed by atoms with E-state index in [2.05, 4.69) is 17.4 Å². The van der Waals surface area contributed by atoms with Gasteiger partial charge in [-0.2, -0.15) is 11.8 Å². The second kappa shape index (κ2) is 6.84. The van der Waals surface area contributed by atoms with Crippen molar-refractivity contribution in [1.82, 2.24) is 5.32 Å². The SMILES string of the molecule is CSC(CO)C(C)NC(=O)C1(C)CCCc2ccccc21. The summed E-state index contributed by atoms with van der Waals surface area (Å²) in [5, 5.41) is 12.5. The van der Waals surface area contributed by atoms with Crippen LogP contribution in [0.15, 0.2) is 24.3 Å². The van der Waals surface area contributed by atoms with Gasteiger partial charge >= 0.3 is 0 Å². The molecule has 0 bridgehead atoms. The maximum Gasteiger partial charge on any atom is 0.230 e. The molecule has 1 amide bonds. The van der Waals surface area contributed by atoms with E-state index >= 15 is 0 Å². The number of amides is 1. The maximum atomic E-state index is 12.8. The van der Waals surface area contributed by atoms with Crippen LogP contribution in [-0.2, 0) is 16.6 Å². The molecule has 2 N–H and O–H groups in total. The van der Waals surface area contributed by atoms with Crippen LogP contribution >= 0.6 is 11.8 Å². The van der Waals surface area contributed by atoms with Crippen LogP contribution < -0.4 is 5.32 Å². The fourth-order valence-corrected chi connectivity index (χ4v) is 3.80. The molecule has 116 valence electrons. The molecule has 21 heavy (non-hydrogen) atoms. The number of carbonyl (C=O) groups excluding carboxylic acids is 1. The number of hydrogen-bond acceptors (Lipinski definition) is 3. The van der Waals surface area contributed by atoms with Crippen molar-refractivity contribution >= 4 is 17.7 Å². The van der Waals surface area contributed by atoms with E-state index in [1.165, 1.54) is 5.56 Å². The molecule has 0 spiro atoms. The zero-order valence-electron chi connectivity index (χ0n) is 13.1. The number of aliphatic hydroxyl groups is 1. The number of hydrogen-bond donors (Lipinski definition) is 2. The molecule has 2 rings (SSSR count). The van der Waals surface area contributed by atoms with Crippen LogP contribution in [0.1, 0.15) is 37.8 Å². The lowest BCUT2D eigenvalue weighted by Gasteiger charge is -2.36. The molecule has 3 unspecified atom stereocenters. The summed E-state index contributed by atoms with van der Waals surface area (Å²) in [6.45, 7) is 4.09. The minimum absolute atomic E-state index is 0.0383. The van der Waals surface area contributed by atoms with Crippen LogP contribution in [0.5, 0.6) is 0 Å². The second-order valence-corrected chi connectivity index (χ2v) is 7.14. The van der Waals surface area contributed by atoms with Gasteiger partial charge in [0.1, 0.15) is 0 Å². The Morgan fingerprint density at radius 1 is 1.48 bits per heavy atom. The van der Waals surface area contributed by atoms with Gasteiger partial charge in [-0.1, -0.05) is 24.3 Å². The number of benzene rings is 1.